The molecule has 0 bridgehead atoms. The molecule has 1 aliphatic rings. The summed E-state index contributed by atoms with van der Waals surface area (Å²) in [7, 11) is 0. The van der Waals surface area contributed by atoms with Gasteiger partial charge in [0.1, 0.15) is 0 Å². The molecule has 0 aliphatic carbocycles. The number of carbonyl (C=O) groups excluding carboxylic acids is 1. The number of nitrogens with zero attached hydrogens (tertiary/aromatic N) is 2. The van der Waals surface area contributed by atoms with Crippen molar-refractivity contribution in [3.63, 3.8) is 0 Å². The second-order valence-corrected chi connectivity index (χ2v) is 7.21. The Bertz CT molecular complexity index is 933. The number of nitrogens with one attached hydrogen (secondary N) is 1. The van der Waals surface area contributed by atoms with Gasteiger partial charge in [0.25, 0.3) is 5.91 Å². The van der Waals surface area contributed by atoms with Crippen molar-refractivity contribution in [1.82, 2.24) is 15.2 Å². The van der Waals surface area contributed by atoms with Gasteiger partial charge in [-0.2, -0.15) is 0 Å². The second-order valence-electron chi connectivity index (χ2n) is 7.21. The smallest absolute Gasteiger partial charge is 0.252 e. The summed E-state index contributed by atoms with van der Waals surface area (Å²) < 4.78 is 0. The van der Waals surface area contributed by atoms with Crippen LogP contribution in [0.1, 0.15) is 40.5 Å². The molecule has 1 atom stereocenters. The number of amides is 1. The minimum absolute atomic E-state index is 0.0307. The number of likely N-dealkylation sites (tertiary alicyclic amines) is 1. The van der Waals surface area contributed by atoms with E-state index < -0.39 is 0 Å². The quantitative estimate of drug-likeness (QED) is 0.746. The van der Waals surface area contributed by atoms with E-state index in [1.54, 1.807) is 0 Å². The van der Waals surface area contributed by atoms with Crippen LogP contribution >= 0.6 is 0 Å². The molecule has 4 rings (SSSR count). The Morgan fingerprint density at radius 2 is 1.78 bits per heavy atom. The maximum absolute atomic E-state index is 13.0. The monoisotopic (exact) mass is 359 g/mol. The number of aryl methyl sites for hydroxylation is 1. The van der Waals surface area contributed by atoms with Crippen LogP contribution in [0, 0.1) is 6.92 Å². The number of hydrogen-bond acceptors (Lipinski definition) is 3. The third-order valence-electron chi connectivity index (χ3n) is 5.31. The summed E-state index contributed by atoms with van der Waals surface area (Å²) in [6.07, 6.45) is 2.46. The molecule has 0 radical (unpaired) electrons. The van der Waals surface area contributed by atoms with E-state index in [1.165, 1.54) is 18.4 Å². The largest absolute Gasteiger partial charge is 0.350 e. The molecule has 1 N–H and O–H groups in total. The van der Waals surface area contributed by atoms with E-state index in [4.69, 9.17) is 0 Å². The topological polar surface area (TPSA) is 45.2 Å². The normalized spacial score (nSPS) is 15.7. The Morgan fingerprint density at radius 3 is 2.56 bits per heavy atom. The van der Waals surface area contributed by atoms with Crippen molar-refractivity contribution in [3.8, 4) is 0 Å². The number of aromatic nitrogens is 1. The highest BCUT2D eigenvalue weighted by Crippen LogP contribution is 2.25. The summed E-state index contributed by atoms with van der Waals surface area (Å²) >= 11 is 0. The fourth-order valence-corrected chi connectivity index (χ4v) is 3.97. The number of carbonyl (C=O) groups is 1. The third kappa shape index (κ3) is 3.86. The molecule has 1 aromatic heterocycles. The number of fused-ring (bicyclic) bond motifs is 1. The lowest BCUT2D eigenvalue weighted by atomic mass is 10.0. The molecule has 2 aromatic carbocycles. The van der Waals surface area contributed by atoms with Crippen LogP contribution in [0.15, 0.2) is 60.7 Å². The van der Waals surface area contributed by atoms with Crippen molar-refractivity contribution in [3.05, 3.63) is 77.5 Å². The number of benzene rings is 2. The van der Waals surface area contributed by atoms with E-state index in [0.29, 0.717) is 12.1 Å². The summed E-state index contributed by atoms with van der Waals surface area (Å²) in [6.45, 7) is 4.72. The van der Waals surface area contributed by atoms with Crippen molar-refractivity contribution >= 4 is 16.8 Å². The van der Waals surface area contributed by atoms with Crippen LogP contribution in [0.2, 0.25) is 0 Å². The molecular weight excluding hydrogens is 334 g/mol. The fourth-order valence-electron chi connectivity index (χ4n) is 3.97. The molecule has 0 unspecified atom stereocenters. The lowest BCUT2D eigenvalue weighted by molar-refractivity contribution is 0.0939. The molecule has 2 heterocycles. The molecule has 1 saturated heterocycles. The highest BCUT2D eigenvalue weighted by atomic mass is 16.1. The summed E-state index contributed by atoms with van der Waals surface area (Å²) in [6, 6.07) is 20.4. The van der Waals surface area contributed by atoms with Crippen molar-refractivity contribution in [1.29, 1.82) is 0 Å². The van der Waals surface area contributed by atoms with Gasteiger partial charge < -0.3 is 5.32 Å². The Kier molecular flexibility index (Phi) is 5.16. The predicted octanol–water partition coefficient (Wildman–Crippen LogP) is 4.11. The van der Waals surface area contributed by atoms with Crippen LogP contribution in [-0.2, 0) is 0 Å². The van der Waals surface area contributed by atoms with Crippen molar-refractivity contribution in [2.45, 2.75) is 25.8 Å². The second kappa shape index (κ2) is 7.89. The molecule has 0 saturated carbocycles. The highest BCUT2D eigenvalue weighted by molar-refractivity contribution is 6.06. The third-order valence-corrected chi connectivity index (χ3v) is 5.31. The summed E-state index contributed by atoms with van der Waals surface area (Å²) in [5, 5.41) is 4.09. The van der Waals surface area contributed by atoms with Gasteiger partial charge in [0.05, 0.1) is 17.1 Å². The van der Waals surface area contributed by atoms with Crippen molar-refractivity contribution in [2.75, 3.05) is 19.6 Å². The van der Waals surface area contributed by atoms with Gasteiger partial charge in [-0.15, -0.1) is 0 Å². The van der Waals surface area contributed by atoms with E-state index in [0.717, 1.165) is 29.7 Å². The standard InChI is InChI=1S/C23H25N3O/c1-17-15-20(19-11-5-6-12-21(19)25-17)23(27)24-16-22(26-13-7-8-14-26)18-9-3-2-4-10-18/h2-6,9-12,15,22H,7-8,13-14,16H2,1H3,(H,24,27)/t22-/m1/s1. The minimum Gasteiger partial charge on any atom is -0.350 e. The van der Waals surface area contributed by atoms with E-state index >= 15 is 0 Å². The lowest BCUT2D eigenvalue weighted by Gasteiger charge is -2.28. The van der Waals surface area contributed by atoms with Gasteiger partial charge in [0, 0.05) is 17.6 Å². The SMILES string of the molecule is Cc1cc(C(=O)NC[C@H](c2ccccc2)N2CCCC2)c2ccccc2n1. The zero-order valence-corrected chi connectivity index (χ0v) is 15.7. The van der Waals surface area contributed by atoms with Crippen LogP contribution < -0.4 is 5.32 Å². The highest BCUT2D eigenvalue weighted by Gasteiger charge is 2.24. The van der Waals surface area contributed by atoms with Crippen LogP contribution in [0.5, 0.6) is 0 Å². The molecule has 138 valence electrons. The molecule has 27 heavy (non-hydrogen) atoms. The molecule has 1 aliphatic heterocycles. The van der Waals surface area contributed by atoms with Gasteiger partial charge >= 0.3 is 0 Å². The minimum atomic E-state index is -0.0307. The van der Waals surface area contributed by atoms with Gasteiger partial charge in [-0.1, -0.05) is 48.5 Å². The average Bonchev–Trinajstić information content (AvgIpc) is 3.22. The maximum atomic E-state index is 13.0. The number of para-hydroxylation sites is 1. The van der Waals surface area contributed by atoms with E-state index in [-0.39, 0.29) is 11.9 Å². The predicted molar refractivity (Wildman–Crippen MR) is 109 cm³/mol. The first-order chi connectivity index (χ1) is 13.2. The summed E-state index contributed by atoms with van der Waals surface area (Å²) in [5.41, 5.74) is 3.68. The van der Waals surface area contributed by atoms with Crippen LogP contribution in [0.3, 0.4) is 0 Å². The van der Waals surface area contributed by atoms with E-state index in [2.05, 4.69) is 39.5 Å². The summed E-state index contributed by atoms with van der Waals surface area (Å²) in [5.74, 6) is -0.0307. The van der Waals surface area contributed by atoms with E-state index in [9.17, 15) is 4.79 Å². The zero-order chi connectivity index (χ0) is 18.6. The van der Waals surface area contributed by atoms with E-state index in [1.807, 2.05) is 43.3 Å². The zero-order valence-electron chi connectivity index (χ0n) is 15.7. The molecule has 1 amide bonds. The first kappa shape index (κ1) is 17.7. The lowest BCUT2D eigenvalue weighted by Crippen LogP contribution is -2.36. The Labute approximate surface area is 160 Å². The van der Waals surface area contributed by atoms with Crippen LogP contribution in [0.4, 0.5) is 0 Å². The van der Waals surface area contributed by atoms with Gasteiger partial charge in [0.2, 0.25) is 0 Å². The van der Waals surface area contributed by atoms with Gasteiger partial charge in [-0.05, 0) is 50.6 Å². The molecule has 0 spiro atoms. The average molecular weight is 359 g/mol. The summed E-state index contributed by atoms with van der Waals surface area (Å²) in [4.78, 5) is 20.0. The number of rotatable bonds is 5. The molecule has 4 nitrogen and oxygen atoms in total. The number of pyridine rings is 1. The molecular formula is C23H25N3O. The number of hydrogen-bond donors (Lipinski definition) is 1. The van der Waals surface area contributed by atoms with Crippen molar-refractivity contribution in [2.24, 2.45) is 0 Å². The molecule has 3 aromatic rings. The molecule has 1 fully saturated rings. The Morgan fingerprint density at radius 1 is 1.07 bits per heavy atom. The van der Waals surface area contributed by atoms with Gasteiger partial charge in [-0.25, -0.2) is 0 Å². The van der Waals surface area contributed by atoms with Crippen molar-refractivity contribution < 1.29 is 4.79 Å². The van der Waals surface area contributed by atoms with Gasteiger partial charge in [0.15, 0.2) is 0 Å². The van der Waals surface area contributed by atoms with Crippen LogP contribution in [0.25, 0.3) is 10.9 Å². The Balaban J connectivity index is 1.57. The van der Waals surface area contributed by atoms with Crippen LogP contribution in [-0.4, -0.2) is 35.4 Å². The Hall–Kier alpha value is -2.72. The molecule has 4 heteroatoms. The first-order valence-electron chi connectivity index (χ1n) is 9.66. The maximum Gasteiger partial charge on any atom is 0.252 e. The fraction of sp³-hybridized carbons (Fsp3) is 0.304. The first-order valence-corrected chi connectivity index (χ1v) is 9.66. The van der Waals surface area contributed by atoms with Gasteiger partial charge in [-0.3, -0.25) is 14.7 Å².